The summed E-state index contributed by atoms with van der Waals surface area (Å²) in [6, 6.07) is 0. The molecule has 1 unspecified atom stereocenters. The number of hydrogen-bond acceptors (Lipinski definition) is 0. The zero-order valence-electron chi connectivity index (χ0n) is 8.14. The smallest absolute Gasteiger partial charge is 0.0162 e. The predicted molar refractivity (Wildman–Crippen MR) is 53.0 cm³/mol. The summed E-state index contributed by atoms with van der Waals surface area (Å²) in [4.78, 5) is 0. The maximum Gasteiger partial charge on any atom is -0.0162 e. The molecule has 2 aliphatic carbocycles. The Bertz CT molecular complexity index is 230. The van der Waals surface area contributed by atoms with Gasteiger partial charge < -0.3 is 0 Å². The van der Waals surface area contributed by atoms with Crippen LogP contribution in [0.3, 0.4) is 0 Å². The second-order valence-electron chi connectivity index (χ2n) is 4.36. The summed E-state index contributed by atoms with van der Waals surface area (Å²) in [6.45, 7) is 4.63. The standard InChI is InChI=1S/C12H18/c1-9(2)11-7-3-5-10-6-4-8-12(10)11/h3,7,9-10H,4-6,8H2,1-2H3. The van der Waals surface area contributed by atoms with Crippen molar-refractivity contribution in [3.8, 4) is 0 Å². The lowest BCUT2D eigenvalue weighted by atomic mass is 9.85. The van der Waals surface area contributed by atoms with Crippen LogP contribution in [0.15, 0.2) is 23.3 Å². The van der Waals surface area contributed by atoms with Crippen LogP contribution in [0.5, 0.6) is 0 Å². The normalized spacial score (nSPS) is 28.4. The van der Waals surface area contributed by atoms with E-state index in [2.05, 4.69) is 26.0 Å². The number of allylic oxidation sites excluding steroid dienone is 4. The molecule has 0 aromatic carbocycles. The van der Waals surface area contributed by atoms with Crippen molar-refractivity contribution in [2.75, 3.05) is 0 Å². The molecule has 1 atom stereocenters. The average Bonchev–Trinajstić information content (AvgIpc) is 2.49. The SMILES string of the molecule is CC(C)C1=C2CCCC2CC=C1. The molecule has 2 aliphatic rings. The lowest BCUT2D eigenvalue weighted by Gasteiger charge is -2.21. The van der Waals surface area contributed by atoms with Gasteiger partial charge in [-0.2, -0.15) is 0 Å². The highest BCUT2D eigenvalue weighted by Gasteiger charge is 2.25. The van der Waals surface area contributed by atoms with Crippen LogP contribution in [0.1, 0.15) is 39.5 Å². The highest BCUT2D eigenvalue weighted by molar-refractivity contribution is 5.34. The molecule has 1 fully saturated rings. The highest BCUT2D eigenvalue weighted by atomic mass is 14.3. The van der Waals surface area contributed by atoms with Crippen molar-refractivity contribution in [3.63, 3.8) is 0 Å². The van der Waals surface area contributed by atoms with E-state index in [1.165, 1.54) is 25.7 Å². The topological polar surface area (TPSA) is 0 Å². The molecule has 1 saturated carbocycles. The lowest BCUT2D eigenvalue weighted by Crippen LogP contribution is -2.06. The van der Waals surface area contributed by atoms with Gasteiger partial charge in [-0.05, 0) is 43.1 Å². The van der Waals surface area contributed by atoms with Crippen LogP contribution < -0.4 is 0 Å². The van der Waals surface area contributed by atoms with Gasteiger partial charge in [-0.3, -0.25) is 0 Å². The molecule has 0 aliphatic heterocycles. The van der Waals surface area contributed by atoms with E-state index in [0.717, 1.165) is 11.8 Å². The van der Waals surface area contributed by atoms with Gasteiger partial charge in [0.2, 0.25) is 0 Å². The van der Waals surface area contributed by atoms with E-state index in [1.807, 2.05) is 0 Å². The van der Waals surface area contributed by atoms with Gasteiger partial charge in [-0.15, -0.1) is 0 Å². The molecule has 0 amide bonds. The van der Waals surface area contributed by atoms with Crippen LogP contribution in [-0.2, 0) is 0 Å². The summed E-state index contributed by atoms with van der Waals surface area (Å²) in [5, 5.41) is 0. The van der Waals surface area contributed by atoms with Gasteiger partial charge in [0.05, 0.1) is 0 Å². The van der Waals surface area contributed by atoms with E-state index in [1.54, 1.807) is 11.1 Å². The quantitative estimate of drug-likeness (QED) is 0.551. The van der Waals surface area contributed by atoms with Crippen LogP contribution in [0.25, 0.3) is 0 Å². The minimum Gasteiger partial charge on any atom is -0.0837 e. The molecule has 0 N–H and O–H groups in total. The molecular weight excluding hydrogens is 144 g/mol. The Morgan fingerprint density at radius 1 is 1.42 bits per heavy atom. The van der Waals surface area contributed by atoms with Crippen LogP contribution in [0, 0.1) is 11.8 Å². The fourth-order valence-electron chi connectivity index (χ4n) is 2.59. The number of fused-ring (bicyclic) bond motifs is 1. The van der Waals surface area contributed by atoms with Crippen LogP contribution in [0.4, 0.5) is 0 Å². The molecule has 2 rings (SSSR count). The van der Waals surface area contributed by atoms with Gasteiger partial charge in [0.15, 0.2) is 0 Å². The summed E-state index contributed by atoms with van der Waals surface area (Å²) in [7, 11) is 0. The molecular formula is C12H18. The first-order valence-corrected chi connectivity index (χ1v) is 5.18. The molecule has 12 heavy (non-hydrogen) atoms. The van der Waals surface area contributed by atoms with Gasteiger partial charge >= 0.3 is 0 Å². The summed E-state index contributed by atoms with van der Waals surface area (Å²) in [6.07, 6.45) is 10.3. The second kappa shape index (κ2) is 3.08. The summed E-state index contributed by atoms with van der Waals surface area (Å²) >= 11 is 0. The fraction of sp³-hybridized carbons (Fsp3) is 0.667. The molecule has 0 bridgehead atoms. The zero-order chi connectivity index (χ0) is 8.55. The first kappa shape index (κ1) is 8.10. The van der Waals surface area contributed by atoms with E-state index in [4.69, 9.17) is 0 Å². The van der Waals surface area contributed by atoms with E-state index in [-0.39, 0.29) is 0 Å². The average molecular weight is 162 g/mol. The van der Waals surface area contributed by atoms with Crippen LogP contribution in [-0.4, -0.2) is 0 Å². The molecule has 66 valence electrons. The first-order chi connectivity index (χ1) is 5.79. The molecule has 0 heteroatoms. The summed E-state index contributed by atoms with van der Waals surface area (Å²) in [5.74, 6) is 1.66. The lowest BCUT2D eigenvalue weighted by molar-refractivity contribution is 0.612. The Kier molecular flexibility index (Phi) is 2.08. The summed E-state index contributed by atoms with van der Waals surface area (Å²) in [5.41, 5.74) is 3.43. The molecule has 0 aromatic rings. The third kappa shape index (κ3) is 1.24. The van der Waals surface area contributed by atoms with Crippen molar-refractivity contribution in [3.05, 3.63) is 23.3 Å². The molecule has 0 nitrogen and oxygen atoms in total. The Balaban J connectivity index is 2.31. The fourth-order valence-corrected chi connectivity index (χ4v) is 2.59. The molecule has 0 spiro atoms. The van der Waals surface area contributed by atoms with E-state index < -0.39 is 0 Å². The highest BCUT2D eigenvalue weighted by Crippen LogP contribution is 2.40. The number of rotatable bonds is 1. The van der Waals surface area contributed by atoms with Crippen molar-refractivity contribution in [1.29, 1.82) is 0 Å². The minimum atomic E-state index is 0.733. The van der Waals surface area contributed by atoms with Crippen molar-refractivity contribution in [1.82, 2.24) is 0 Å². The molecule has 0 radical (unpaired) electrons. The first-order valence-electron chi connectivity index (χ1n) is 5.18. The van der Waals surface area contributed by atoms with Crippen molar-refractivity contribution >= 4 is 0 Å². The molecule has 0 heterocycles. The van der Waals surface area contributed by atoms with Crippen molar-refractivity contribution < 1.29 is 0 Å². The maximum absolute atomic E-state index is 2.37. The largest absolute Gasteiger partial charge is 0.0837 e. The van der Waals surface area contributed by atoms with Crippen molar-refractivity contribution in [2.45, 2.75) is 39.5 Å². The van der Waals surface area contributed by atoms with Gasteiger partial charge in [-0.25, -0.2) is 0 Å². The third-order valence-corrected chi connectivity index (χ3v) is 3.20. The Morgan fingerprint density at radius 2 is 2.25 bits per heavy atom. The number of hydrogen-bond donors (Lipinski definition) is 0. The molecule has 0 saturated heterocycles. The van der Waals surface area contributed by atoms with Gasteiger partial charge in [0.25, 0.3) is 0 Å². The Hall–Kier alpha value is -0.520. The Morgan fingerprint density at radius 3 is 3.00 bits per heavy atom. The second-order valence-corrected chi connectivity index (χ2v) is 4.36. The third-order valence-electron chi connectivity index (χ3n) is 3.20. The predicted octanol–water partition coefficient (Wildman–Crippen LogP) is 3.70. The van der Waals surface area contributed by atoms with E-state index >= 15 is 0 Å². The van der Waals surface area contributed by atoms with Gasteiger partial charge in [-0.1, -0.05) is 31.6 Å². The summed E-state index contributed by atoms with van der Waals surface area (Å²) < 4.78 is 0. The van der Waals surface area contributed by atoms with Crippen LogP contribution in [0.2, 0.25) is 0 Å². The van der Waals surface area contributed by atoms with E-state index in [9.17, 15) is 0 Å². The van der Waals surface area contributed by atoms with Crippen LogP contribution >= 0.6 is 0 Å². The molecule has 0 aromatic heterocycles. The minimum absolute atomic E-state index is 0.733. The van der Waals surface area contributed by atoms with Gasteiger partial charge in [0, 0.05) is 0 Å². The monoisotopic (exact) mass is 162 g/mol. The maximum atomic E-state index is 2.37. The van der Waals surface area contributed by atoms with Crippen molar-refractivity contribution in [2.24, 2.45) is 11.8 Å². The van der Waals surface area contributed by atoms with Gasteiger partial charge in [0.1, 0.15) is 0 Å². The zero-order valence-corrected chi connectivity index (χ0v) is 8.14. The van der Waals surface area contributed by atoms with E-state index in [0.29, 0.717) is 0 Å². The Labute approximate surface area is 75.4 Å².